The van der Waals surface area contributed by atoms with Crippen molar-refractivity contribution in [2.24, 2.45) is 0 Å². The molecule has 1 aromatic carbocycles. The maximum atomic E-state index is 13.4. The highest BCUT2D eigenvalue weighted by Gasteiger charge is 2.14. The molecule has 0 aromatic heterocycles. The summed E-state index contributed by atoms with van der Waals surface area (Å²) in [5.41, 5.74) is 5.84. The molecule has 0 unspecified atom stereocenters. The lowest BCUT2D eigenvalue weighted by molar-refractivity contribution is 0.0937. The Labute approximate surface area is 109 Å². The Morgan fingerprint density at radius 2 is 2.00 bits per heavy atom. The van der Waals surface area contributed by atoms with E-state index >= 15 is 0 Å². The van der Waals surface area contributed by atoms with Crippen LogP contribution < -0.4 is 5.73 Å². The van der Waals surface area contributed by atoms with Gasteiger partial charge in [-0.1, -0.05) is 13.8 Å². The molecule has 2 N–H and O–H groups in total. The molecule has 0 amide bonds. The van der Waals surface area contributed by atoms with E-state index in [1.54, 1.807) is 6.07 Å². The average molecular weight is 303 g/mol. The predicted molar refractivity (Wildman–Crippen MR) is 70.6 cm³/mol. The molecule has 0 saturated heterocycles. The van der Waals surface area contributed by atoms with E-state index in [4.69, 9.17) is 5.73 Å². The van der Waals surface area contributed by atoms with Crippen LogP contribution in [-0.4, -0.2) is 30.3 Å². The number of carbonyl (C=O) groups excluding carboxylic acids is 1. The van der Waals surface area contributed by atoms with E-state index in [1.165, 1.54) is 6.07 Å². The van der Waals surface area contributed by atoms with Gasteiger partial charge >= 0.3 is 0 Å². The third-order valence-corrected chi connectivity index (χ3v) is 3.32. The van der Waals surface area contributed by atoms with Crippen LogP contribution in [0.25, 0.3) is 0 Å². The van der Waals surface area contributed by atoms with Crippen LogP contribution in [0.1, 0.15) is 24.2 Å². The van der Waals surface area contributed by atoms with Crippen LogP contribution in [-0.2, 0) is 0 Å². The van der Waals surface area contributed by atoms with Crippen molar-refractivity contribution < 1.29 is 9.18 Å². The monoisotopic (exact) mass is 302 g/mol. The summed E-state index contributed by atoms with van der Waals surface area (Å²) in [5.74, 6) is -0.671. The Bertz CT molecular complexity index is 396. The number of likely N-dealkylation sites (N-methyl/N-ethyl adjacent to an activating group) is 1. The fraction of sp³-hybridized carbons (Fsp3) is 0.417. The van der Waals surface area contributed by atoms with Gasteiger partial charge in [0.25, 0.3) is 0 Å². The number of nitrogens with zero attached hydrogens (tertiary/aromatic N) is 1. The molecular weight excluding hydrogens is 287 g/mol. The van der Waals surface area contributed by atoms with Crippen molar-refractivity contribution in [3.8, 4) is 0 Å². The van der Waals surface area contributed by atoms with Gasteiger partial charge in [0.15, 0.2) is 5.78 Å². The standard InChI is InChI=1S/C12H16BrFN2O/c1-3-16(4-2)7-11(17)8-5-9(13)12(15)10(14)6-8/h5-6H,3-4,7,15H2,1-2H3. The average Bonchev–Trinajstić information content (AvgIpc) is 2.31. The summed E-state index contributed by atoms with van der Waals surface area (Å²) in [6.07, 6.45) is 0. The number of ketones is 1. The summed E-state index contributed by atoms with van der Waals surface area (Å²) in [5, 5.41) is 0. The van der Waals surface area contributed by atoms with Crippen molar-refractivity contribution in [3.05, 3.63) is 28.0 Å². The lowest BCUT2D eigenvalue weighted by Gasteiger charge is -2.17. The van der Waals surface area contributed by atoms with Crippen LogP contribution in [0.4, 0.5) is 10.1 Å². The minimum absolute atomic E-state index is 0.0318. The molecule has 0 aliphatic rings. The maximum Gasteiger partial charge on any atom is 0.176 e. The highest BCUT2D eigenvalue weighted by molar-refractivity contribution is 9.10. The fourth-order valence-electron chi connectivity index (χ4n) is 1.49. The van der Waals surface area contributed by atoms with Crippen LogP contribution >= 0.6 is 15.9 Å². The summed E-state index contributed by atoms with van der Waals surface area (Å²) in [7, 11) is 0. The zero-order chi connectivity index (χ0) is 13.0. The van der Waals surface area contributed by atoms with Gasteiger partial charge in [-0.2, -0.15) is 0 Å². The second-order valence-corrected chi connectivity index (χ2v) is 4.59. The first-order valence-electron chi connectivity index (χ1n) is 5.49. The zero-order valence-electron chi connectivity index (χ0n) is 9.96. The van der Waals surface area contributed by atoms with Crippen molar-refractivity contribution in [3.63, 3.8) is 0 Å². The number of hydrogen-bond acceptors (Lipinski definition) is 3. The third kappa shape index (κ3) is 3.51. The smallest absolute Gasteiger partial charge is 0.176 e. The Kier molecular flexibility index (Phi) is 5.08. The second-order valence-electron chi connectivity index (χ2n) is 3.74. The predicted octanol–water partition coefficient (Wildman–Crippen LogP) is 2.69. The molecule has 3 nitrogen and oxygen atoms in total. The first-order chi connectivity index (χ1) is 7.99. The molecule has 1 rings (SSSR count). The number of nitrogens with two attached hydrogens (primary N) is 1. The van der Waals surface area contributed by atoms with Gasteiger partial charge in [-0.3, -0.25) is 9.69 Å². The molecule has 0 aliphatic heterocycles. The number of hydrogen-bond donors (Lipinski definition) is 1. The molecule has 0 aliphatic carbocycles. The largest absolute Gasteiger partial charge is 0.395 e. The third-order valence-electron chi connectivity index (χ3n) is 2.66. The number of anilines is 1. The Balaban J connectivity index is 2.90. The topological polar surface area (TPSA) is 46.3 Å². The number of halogens is 2. The second kappa shape index (κ2) is 6.12. The van der Waals surface area contributed by atoms with E-state index in [0.717, 1.165) is 13.1 Å². The number of benzene rings is 1. The number of rotatable bonds is 5. The highest BCUT2D eigenvalue weighted by Crippen LogP contribution is 2.24. The molecule has 0 atom stereocenters. The van der Waals surface area contributed by atoms with Gasteiger partial charge in [0, 0.05) is 10.0 Å². The summed E-state index contributed by atoms with van der Waals surface area (Å²) in [6.45, 7) is 5.84. The van der Waals surface area contributed by atoms with Gasteiger partial charge < -0.3 is 5.73 Å². The first kappa shape index (κ1) is 14.1. The van der Waals surface area contributed by atoms with E-state index in [-0.39, 0.29) is 11.5 Å². The molecule has 17 heavy (non-hydrogen) atoms. The van der Waals surface area contributed by atoms with Crippen molar-refractivity contribution in [2.45, 2.75) is 13.8 Å². The minimum atomic E-state index is -0.567. The molecule has 0 radical (unpaired) electrons. The van der Waals surface area contributed by atoms with Gasteiger partial charge in [-0.15, -0.1) is 0 Å². The van der Waals surface area contributed by atoms with Crippen LogP contribution in [0.15, 0.2) is 16.6 Å². The molecule has 0 saturated carbocycles. The van der Waals surface area contributed by atoms with Crippen molar-refractivity contribution >= 4 is 27.4 Å². The normalized spacial score (nSPS) is 10.9. The first-order valence-corrected chi connectivity index (χ1v) is 6.28. The number of Topliss-reactive ketones (excluding diaryl/α,β-unsaturated/α-hetero) is 1. The summed E-state index contributed by atoms with van der Waals surface area (Å²) < 4.78 is 13.8. The van der Waals surface area contributed by atoms with Crippen molar-refractivity contribution in [1.29, 1.82) is 0 Å². The van der Waals surface area contributed by atoms with E-state index in [0.29, 0.717) is 16.6 Å². The van der Waals surface area contributed by atoms with Crippen molar-refractivity contribution in [1.82, 2.24) is 4.90 Å². The van der Waals surface area contributed by atoms with E-state index in [9.17, 15) is 9.18 Å². The maximum absolute atomic E-state index is 13.4. The van der Waals surface area contributed by atoms with E-state index in [1.807, 2.05) is 18.7 Å². The summed E-state index contributed by atoms with van der Waals surface area (Å²) in [4.78, 5) is 13.9. The van der Waals surface area contributed by atoms with Crippen LogP contribution in [0.2, 0.25) is 0 Å². The molecule has 5 heteroatoms. The fourth-order valence-corrected chi connectivity index (χ4v) is 1.92. The van der Waals surface area contributed by atoms with Crippen molar-refractivity contribution in [2.75, 3.05) is 25.4 Å². The van der Waals surface area contributed by atoms with Crippen LogP contribution in [0, 0.1) is 5.82 Å². The lowest BCUT2D eigenvalue weighted by Crippen LogP contribution is -2.29. The van der Waals surface area contributed by atoms with E-state index < -0.39 is 5.82 Å². The Morgan fingerprint density at radius 3 is 2.47 bits per heavy atom. The zero-order valence-corrected chi connectivity index (χ0v) is 11.6. The van der Waals surface area contributed by atoms with Gasteiger partial charge in [-0.25, -0.2) is 4.39 Å². The number of carbonyl (C=O) groups is 1. The van der Waals surface area contributed by atoms with Gasteiger partial charge in [-0.05, 0) is 41.2 Å². The molecule has 1 aromatic rings. The van der Waals surface area contributed by atoms with Gasteiger partial charge in [0.05, 0.1) is 12.2 Å². The highest BCUT2D eigenvalue weighted by atomic mass is 79.9. The van der Waals surface area contributed by atoms with E-state index in [2.05, 4.69) is 15.9 Å². The van der Waals surface area contributed by atoms with Gasteiger partial charge in [0.1, 0.15) is 5.82 Å². The molecule has 0 bridgehead atoms. The van der Waals surface area contributed by atoms with Gasteiger partial charge in [0.2, 0.25) is 0 Å². The molecule has 0 spiro atoms. The SMILES string of the molecule is CCN(CC)CC(=O)c1cc(F)c(N)c(Br)c1. The lowest BCUT2D eigenvalue weighted by atomic mass is 10.1. The Hall–Kier alpha value is -0.940. The summed E-state index contributed by atoms with van der Waals surface area (Å²) >= 11 is 3.13. The summed E-state index contributed by atoms with van der Waals surface area (Å²) in [6, 6.07) is 2.75. The number of nitrogen functional groups attached to an aromatic ring is 1. The molecular formula is C12H16BrFN2O. The van der Waals surface area contributed by atoms with Crippen LogP contribution in [0.5, 0.6) is 0 Å². The molecule has 0 fully saturated rings. The molecule has 94 valence electrons. The minimum Gasteiger partial charge on any atom is -0.395 e. The quantitative estimate of drug-likeness (QED) is 0.672. The van der Waals surface area contributed by atoms with Crippen LogP contribution in [0.3, 0.4) is 0 Å². The molecule has 0 heterocycles. The Morgan fingerprint density at radius 1 is 1.41 bits per heavy atom.